The molecule has 0 unspecified atom stereocenters. The van der Waals surface area contributed by atoms with Crippen molar-refractivity contribution in [3.63, 3.8) is 0 Å². The Morgan fingerprint density at radius 3 is 1.47 bits per heavy atom. The molecule has 0 aromatic heterocycles. The second-order valence-corrected chi connectivity index (χ2v) is 26.5. The molecule has 3 aromatic rings. The maximum absolute atomic E-state index is 13.7. The third-order valence-corrected chi connectivity index (χ3v) is 20.7. The number of amides is 1. The summed E-state index contributed by atoms with van der Waals surface area (Å²) in [6.07, 6.45) is 0.384. The van der Waals surface area contributed by atoms with Gasteiger partial charge in [-0.15, -0.1) is 0 Å². The standard InChI is InChI=1S/C36H54NO4PSi2.B/c1-35(2,3)43(8,9)40-27-29-19-18-20-30(28-41-44(10,11)36(4,5)6)33(29)37(7)34(38)39-25-26-42(31-21-14-12-15-22-31)32-23-16-13-17-24-32;/h12-24H,25-28H2,1-11H3;. The molecular formula is C36H54BNO4PSi2. The molecule has 0 N–H and O–H groups in total. The van der Waals surface area contributed by atoms with Gasteiger partial charge in [0, 0.05) is 32.7 Å². The van der Waals surface area contributed by atoms with Crippen LogP contribution in [-0.2, 0) is 26.8 Å². The fourth-order valence-electron chi connectivity index (χ4n) is 4.29. The highest BCUT2D eigenvalue weighted by atomic mass is 31.1. The van der Waals surface area contributed by atoms with Gasteiger partial charge in [0.05, 0.1) is 25.5 Å². The molecule has 0 bridgehead atoms. The lowest BCUT2D eigenvalue weighted by Crippen LogP contribution is -2.41. The van der Waals surface area contributed by atoms with E-state index in [1.165, 1.54) is 10.6 Å². The van der Waals surface area contributed by atoms with Crippen molar-refractivity contribution in [2.75, 3.05) is 24.7 Å². The third-order valence-electron chi connectivity index (χ3n) is 9.28. The number of nitrogens with zero attached hydrogens (tertiary/aromatic N) is 1. The number of carbonyl (C=O) groups is 1. The van der Waals surface area contributed by atoms with E-state index >= 15 is 0 Å². The lowest BCUT2D eigenvalue weighted by Gasteiger charge is -2.37. The van der Waals surface area contributed by atoms with Crippen molar-refractivity contribution in [1.82, 2.24) is 0 Å². The second kappa shape index (κ2) is 16.1. The first kappa shape index (κ1) is 39.0. The number of para-hydroxylation sites is 1. The molecule has 0 saturated carbocycles. The molecule has 0 heterocycles. The quantitative estimate of drug-likeness (QED) is 0.143. The number of anilines is 1. The van der Waals surface area contributed by atoms with E-state index in [9.17, 15) is 4.79 Å². The second-order valence-electron chi connectivity index (χ2n) is 14.5. The number of benzene rings is 3. The van der Waals surface area contributed by atoms with Crippen LogP contribution in [0.3, 0.4) is 0 Å². The lowest BCUT2D eigenvalue weighted by molar-refractivity contribution is 0.162. The van der Waals surface area contributed by atoms with Crippen LogP contribution in [0.4, 0.5) is 10.5 Å². The number of ether oxygens (including phenoxy) is 1. The zero-order valence-electron chi connectivity index (χ0n) is 29.4. The Morgan fingerprint density at radius 1 is 0.689 bits per heavy atom. The average Bonchev–Trinajstić information content (AvgIpc) is 2.96. The Labute approximate surface area is 278 Å². The molecule has 0 saturated heterocycles. The fourth-order valence-corrected chi connectivity index (χ4v) is 8.34. The molecule has 0 spiro atoms. The third kappa shape index (κ3) is 10.4. The van der Waals surface area contributed by atoms with Gasteiger partial charge in [0.25, 0.3) is 0 Å². The van der Waals surface area contributed by atoms with Gasteiger partial charge in [-0.05, 0) is 54.8 Å². The summed E-state index contributed by atoms with van der Waals surface area (Å²) in [5, 5.41) is 2.71. The Bertz CT molecular complexity index is 1270. The van der Waals surface area contributed by atoms with Crippen LogP contribution >= 0.6 is 7.92 Å². The van der Waals surface area contributed by atoms with Crippen LogP contribution in [0.5, 0.6) is 0 Å². The first-order valence-electron chi connectivity index (χ1n) is 15.6. The van der Waals surface area contributed by atoms with E-state index in [1.54, 1.807) is 11.9 Å². The number of rotatable bonds is 12. The minimum Gasteiger partial charge on any atom is -0.449 e. The highest BCUT2D eigenvalue weighted by Gasteiger charge is 2.39. The molecule has 9 heteroatoms. The molecule has 0 aliphatic heterocycles. The Morgan fingerprint density at radius 2 is 1.09 bits per heavy atom. The molecule has 3 rings (SSSR count). The maximum atomic E-state index is 13.7. The van der Waals surface area contributed by atoms with Crippen molar-refractivity contribution in [1.29, 1.82) is 0 Å². The minimum atomic E-state index is -2.02. The van der Waals surface area contributed by atoms with Crippen LogP contribution in [-0.4, -0.2) is 51.0 Å². The largest absolute Gasteiger partial charge is 0.449 e. The minimum absolute atomic E-state index is 0. The SMILES string of the molecule is CN(C(=O)OCCP(c1ccccc1)c1ccccc1)c1c(CO[Si](C)(C)C(C)(C)C)cccc1CO[Si](C)(C)C(C)(C)C.[B]. The first-order chi connectivity index (χ1) is 20.4. The van der Waals surface area contributed by atoms with Crippen molar-refractivity contribution >= 4 is 55.4 Å². The summed E-state index contributed by atoms with van der Waals surface area (Å²) in [5.74, 6) is 0. The molecular weight excluding hydrogens is 608 g/mol. The van der Waals surface area contributed by atoms with Gasteiger partial charge >= 0.3 is 6.09 Å². The predicted octanol–water partition coefficient (Wildman–Crippen LogP) is 9.06. The molecule has 0 aliphatic rings. The van der Waals surface area contributed by atoms with Crippen LogP contribution in [0, 0.1) is 0 Å². The summed E-state index contributed by atoms with van der Waals surface area (Å²) in [6, 6.07) is 27.2. The summed E-state index contributed by atoms with van der Waals surface area (Å²) in [5.41, 5.74) is 2.77. The number of hydrogen-bond donors (Lipinski definition) is 0. The molecule has 243 valence electrons. The van der Waals surface area contributed by atoms with Crippen LogP contribution in [0.2, 0.25) is 36.3 Å². The van der Waals surface area contributed by atoms with Gasteiger partial charge in [0.15, 0.2) is 16.6 Å². The predicted molar refractivity (Wildman–Crippen MR) is 200 cm³/mol. The van der Waals surface area contributed by atoms with E-state index in [-0.39, 0.29) is 24.6 Å². The first-order valence-corrected chi connectivity index (χ1v) is 23.0. The van der Waals surface area contributed by atoms with Gasteiger partial charge in [-0.3, -0.25) is 4.90 Å². The lowest BCUT2D eigenvalue weighted by atomic mass is 10.1. The van der Waals surface area contributed by atoms with Crippen LogP contribution < -0.4 is 15.5 Å². The monoisotopic (exact) mass is 662 g/mol. The summed E-state index contributed by atoms with van der Waals surface area (Å²) in [7, 11) is -2.88. The molecule has 0 fully saturated rings. The Hall–Kier alpha value is -2.22. The molecule has 5 nitrogen and oxygen atoms in total. The van der Waals surface area contributed by atoms with Gasteiger partial charge in [-0.25, -0.2) is 4.79 Å². The van der Waals surface area contributed by atoms with Gasteiger partial charge in [-0.2, -0.15) is 0 Å². The van der Waals surface area contributed by atoms with E-state index < -0.39 is 24.6 Å². The van der Waals surface area contributed by atoms with E-state index in [4.69, 9.17) is 13.6 Å². The normalized spacial score (nSPS) is 12.5. The summed E-state index contributed by atoms with van der Waals surface area (Å²) < 4.78 is 19.3. The zero-order valence-corrected chi connectivity index (χ0v) is 32.3. The van der Waals surface area contributed by atoms with Crippen molar-refractivity contribution < 1.29 is 18.4 Å². The van der Waals surface area contributed by atoms with E-state index in [0.717, 1.165) is 23.0 Å². The summed E-state index contributed by atoms with van der Waals surface area (Å²) >= 11 is 0. The smallest absolute Gasteiger partial charge is 0.414 e. The van der Waals surface area contributed by atoms with Crippen molar-refractivity contribution in [2.45, 2.75) is 91.0 Å². The van der Waals surface area contributed by atoms with Crippen molar-refractivity contribution in [3.05, 3.63) is 90.0 Å². The average molecular weight is 663 g/mol. The number of carbonyl (C=O) groups excluding carboxylic acids is 1. The van der Waals surface area contributed by atoms with Crippen molar-refractivity contribution in [2.24, 2.45) is 0 Å². The van der Waals surface area contributed by atoms with E-state index in [1.807, 2.05) is 18.2 Å². The Kier molecular flexibility index (Phi) is 13.9. The molecule has 0 atom stereocenters. The van der Waals surface area contributed by atoms with Crippen molar-refractivity contribution in [3.8, 4) is 0 Å². The van der Waals surface area contributed by atoms with E-state index in [0.29, 0.717) is 19.8 Å². The molecule has 3 radical (unpaired) electrons. The molecule has 0 aliphatic carbocycles. The summed E-state index contributed by atoms with van der Waals surface area (Å²) in [6.45, 7) is 23.7. The van der Waals surface area contributed by atoms with Gasteiger partial charge in [-0.1, -0.05) is 120 Å². The highest BCUT2D eigenvalue weighted by molar-refractivity contribution is 7.73. The summed E-state index contributed by atoms with van der Waals surface area (Å²) in [4.78, 5) is 15.3. The van der Waals surface area contributed by atoms with Crippen LogP contribution in [0.25, 0.3) is 0 Å². The zero-order chi connectivity index (χ0) is 32.8. The van der Waals surface area contributed by atoms with Gasteiger partial charge < -0.3 is 13.6 Å². The van der Waals surface area contributed by atoms with Gasteiger partial charge in [0.1, 0.15) is 0 Å². The van der Waals surface area contributed by atoms with Crippen LogP contribution in [0.1, 0.15) is 52.7 Å². The maximum Gasteiger partial charge on any atom is 0.414 e. The molecule has 1 amide bonds. The fraction of sp³-hybridized carbons (Fsp3) is 0.472. The highest BCUT2D eigenvalue weighted by Crippen LogP contribution is 2.40. The molecule has 3 aromatic carbocycles. The van der Waals surface area contributed by atoms with E-state index in [2.05, 4.69) is 128 Å². The Balaban J connectivity index is 0.00000705. The van der Waals surface area contributed by atoms with Gasteiger partial charge in [0.2, 0.25) is 0 Å². The topological polar surface area (TPSA) is 48.0 Å². The number of hydrogen-bond acceptors (Lipinski definition) is 4. The van der Waals surface area contributed by atoms with Crippen LogP contribution in [0.15, 0.2) is 78.9 Å². The molecule has 45 heavy (non-hydrogen) atoms.